The fraction of sp³-hybridized carbons (Fsp3) is 0.125. The van der Waals surface area contributed by atoms with Gasteiger partial charge >= 0.3 is 0 Å². The molecular formula is C24H17ClF2N2O. The van der Waals surface area contributed by atoms with Crippen molar-refractivity contribution in [3.05, 3.63) is 106 Å². The number of rotatable bonds is 2. The van der Waals surface area contributed by atoms with Crippen molar-refractivity contribution in [2.45, 2.75) is 12.5 Å². The number of fused-ring (bicyclic) bond motifs is 3. The van der Waals surface area contributed by atoms with Crippen LogP contribution in [-0.2, 0) is 6.42 Å². The van der Waals surface area contributed by atoms with Crippen molar-refractivity contribution in [1.82, 2.24) is 9.88 Å². The molecule has 6 heteroatoms. The Hall–Kier alpha value is -3.18. The van der Waals surface area contributed by atoms with Gasteiger partial charge in [-0.1, -0.05) is 35.9 Å². The molecule has 0 aliphatic carbocycles. The maximum atomic E-state index is 14.1. The summed E-state index contributed by atoms with van der Waals surface area (Å²) in [6.45, 7) is 0.458. The average molecular weight is 423 g/mol. The van der Waals surface area contributed by atoms with Gasteiger partial charge < -0.3 is 9.88 Å². The summed E-state index contributed by atoms with van der Waals surface area (Å²) in [7, 11) is 0. The van der Waals surface area contributed by atoms with E-state index < -0.39 is 17.7 Å². The summed E-state index contributed by atoms with van der Waals surface area (Å²) in [5.41, 5.74) is 3.89. The van der Waals surface area contributed by atoms with Crippen LogP contribution < -0.4 is 0 Å². The van der Waals surface area contributed by atoms with Crippen molar-refractivity contribution in [1.29, 1.82) is 0 Å². The summed E-state index contributed by atoms with van der Waals surface area (Å²) in [6, 6.07) is 17.8. The number of para-hydroxylation sites is 1. The summed E-state index contributed by atoms with van der Waals surface area (Å²) in [5.74, 6) is -2.04. The highest BCUT2D eigenvalue weighted by molar-refractivity contribution is 6.30. The molecule has 0 bridgehead atoms. The van der Waals surface area contributed by atoms with Crippen LogP contribution in [0.4, 0.5) is 8.78 Å². The lowest BCUT2D eigenvalue weighted by molar-refractivity contribution is 0.0691. The van der Waals surface area contributed by atoms with E-state index >= 15 is 0 Å². The third kappa shape index (κ3) is 3.06. The Bertz CT molecular complexity index is 1270. The van der Waals surface area contributed by atoms with Gasteiger partial charge in [-0.2, -0.15) is 0 Å². The summed E-state index contributed by atoms with van der Waals surface area (Å²) in [6.07, 6.45) is 0.666. The molecule has 0 saturated carbocycles. The molecular weight excluding hydrogens is 406 g/mol. The number of carbonyl (C=O) groups excluding carboxylic acids is 1. The number of nitrogens with one attached hydrogen (secondary N) is 1. The molecule has 0 radical (unpaired) electrons. The molecule has 2 heterocycles. The third-order valence-corrected chi connectivity index (χ3v) is 5.90. The van der Waals surface area contributed by atoms with Crippen molar-refractivity contribution in [2.75, 3.05) is 6.54 Å². The van der Waals surface area contributed by atoms with Crippen molar-refractivity contribution < 1.29 is 13.6 Å². The molecule has 0 spiro atoms. The van der Waals surface area contributed by atoms with E-state index in [1.807, 2.05) is 24.3 Å². The zero-order valence-corrected chi connectivity index (χ0v) is 16.6. The van der Waals surface area contributed by atoms with E-state index in [4.69, 9.17) is 11.6 Å². The molecule has 5 rings (SSSR count). The van der Waals surface area contributed by atoms with E-state index in [9.17, 15) is 13.6 Å². The first-order chi connectivity index (χ1) is 14.5. The van der Waals surface area contributed by atoms with Crippen LogP contribution in [0, 0.1) is 11.6 Å². The maximum Gasteiger partial charge on any atom is 0.254 e. The summed E-state index contributed by atoms with van der Waals surface area (Å²) < 4.78 is 27.7. The fourth-order valence-electron chi connectivity index (χ4n) is 4.25. The molecule has 1 aliphatic rings. The highest BCUT2D eigenvalue weighted by Crippen LogP contribution is 2.39. The largest absolute Gasteiger partial charge is 0.356 e. The monoisotopic (exact) mass is 422 g/mol. The van der Waals surface area contributed by atoms with E-state index in [1.54, 1.807) is 29.2 Å². The van der Waals surface area contributed by atoms with Gasteiger partial charge in [0.2, 0.25) is 0 Å². The molecule has 30 heavy (non-hydrogen) atoms. The molecule has 1 amide bonds. The van der Waals surface area contributed by atoms with Gasteiger partial charge in [0, 0.05) is 33.7 Å². The van der Waals surface area contributed by atoms with Crippen LogP contribution in [0.1, 0.15) is 33.2 Å². The molecule has 1 unspecified atom stereocenters. The number of halogens is 3. The molecule has 3 aromatic carbocycles. The minimum absolute atomic E-state index is 0.189. The van der Waals surface area contributed by atoms with Crippen LogP contribution in [0.5, 0.6) is 0 Å². The van der Waals surface area contributed by atoms with Gasteiger partial charge in [0.05, 0.1) is 6.04 Å². The summed E-state index contributed by atoms with van der Waals surface area (Å²) in [5, 5.41) is 1.62. The Balaban J connectivity index is 1.67. The topological polar surface area (TPSA) is 36.1 Å². The molecule has 1 atom stereocenters. The Labute approximate surface area is 176 Å². The zero-order chi connectivity index (χ0) is 20.8. The van der Waals surface area contributed by atoms with Crippen LogP contribution >= 0.6 is 11.6 Å². The maximum absolute atomic E-state index is 14.1. The number of hydrogen-bond donors (Lipinski definition) is 1. The minimum atomic E-state index is -0.936. The fourth-order valence-corrected chi connectivity index (χ4v) is 4.37. The number of aromatic nitrogens is 1. The predicted octanol–water partition coefficient (Wildman–Crippen LogP) is 5.89. The highest BCUT2D eigenvalue weighted by Gasteiger charge is 2.35. The molecule has 3 nitrogen and oxygen atoms in total. The first-order valence-electron chi connectivity index (χ1n) is 9.64. The lowest BCUT2D eigenvalue weighted by atomic mass is 9.91. The standard InChI is InChI=1S/C24H17ClF2N2O/c25-16-8-5-14(6-9-16)24(30)29-12-11-18-17-3-1-2-4-21(17)28-22(18)23(29)15-7-10-19(26)20(27)13-15/h1-10,13,23,28H,11-12H2. The number of amides is 1. The molecule has 150 valence electrons. The number of carbonyl (C=O) groups is 1. The second-order valence-corrected chi connectivity index (χ2v) is 7.83. The SMILES string of the molecule is O=C(c1ccc(Cl)cc1)N1CCc2c([nH]c3ccccc23)C1c1ccc(F)c(F)c1. The van der Waals surface area contributed by atoms with E-state index in [0.717, 1.165) is 28.2 Å². The molecule has 1 N–H and O–H groups in total. The first-order valence-corrected chi connectivity index (χ1v) is 10.0. The van der Waals surface area contributed by atoms with E-state index in [0.29, 0.717) is 29.1 Å². The van der Waals surface area contributed by atoms with Crippen molar-refractivity contribution in [3.63, 3.8) is 0 Å². The van der Waals surface area contributed by atoms with Gasteiger partial charge in [-0.25, -0.2) is 8.78 Å². The summed E-state index contributed by atoms with van der Waals surface area (Å²) >= 11 is 5.96. The van der Waals surface area contributed by atoms with Gasteiger partial charge in [0.25, 0.3) is 5.91 Å². The molecule has 4 aromatic rings. The van der Waals surface area contributed by atoms with Crippen LogP contribution in [0.15, 0.2) is 66.7 Å². The van der Waals surface area contributed by atoms with Gasteiger partial charge in [-0.3, -0.25) is 4.79 Å². The van der Waals surface area contributed by atoms with Crippen LogP contribution in [0.2, 0.25) is 5.02 Å². The van der Waals surface area contributed by atoms with Gasteiger partial charge in [0.1, 0.15) is 0 Å². The predicted molar refractivity (Wildman–Crippen MR) is 113 cm³/mol. The number of nitrogens with zero attached hydrogens (tertiary/aromatic N) is 1. The van der Waals surface area contributed by atoms with Crippen molar-refractivity contribution in [3.8, 4) is 0 Å². The second-order valence-electron chi connectivity index (χ2n) is 7.39. The van der Waals surface area contributed by atoms with Crippen LogP contribution in [-0.4, -0.2) is 22.3 Å². The Morgan fingerprint density at radius 3 is 2.53 bits per heavy atom. The summed E-state index contributed by atoms with van der Waals surface area (Å²) in [4.78, 5) is 18.5. The van der Waals surface area contributed by atoms with Crippen LogP contribution in [0.25, 0.3) is 10.9 Å². The molecule has 1 aromatic heterocycles. The van der Waals surface area contributed by atoms with Crippen molar-refractivity contribution in [2.24, 2.45) is 0 Å². The highest BCUT2D eigenvalue weighted by atomic mass is 35.5. The Morgan fingerprint density at radius 1 is 1.00 bits per heavy atom. The molecule has 0 saturated heterocycles. The van der Waals surface area contributed by atoms with Crippen molar-refractivity contribution >= 4 is 28.4 Å². The van der Waals surface area contributed by atoms with E-state index in [-0.39, 0.29) is 5.91 Å². The third-order valence-electron chi connectivity index (χ3n) is 5.65. The van der Waals surface area contributed by atoms with E-state index in [1.165, 1.54) is 12.1 Å². The quantitative estimate of drug-likeness (QED) is 0.429. The van der Waals surface area contributed by atoms with Gasteiger partial charge in [-0.15, -0.1) is 0 Å². The van der Waals surface area contributed by atoms with Gasteiger partial charge in [-0.05, 0) is 60.0 Å². The molecule has 1 aliphatic heterocycles. The van der Waals surface area contributed by atoms with E-state index in [2.05, 4.69) is 4.98 Å². The number of hydrogen-bond acceptors (Lipinski definition) is 1. The number of benzene rings is 3. The average Bonchev–Trinajstić information content (AvgIpc) is 3.14. The van der Waals surface area contributed by atoms with Crippen LogP contribution in [0.3, 0.4) is 0 Å². The van der Waals surface area contributed by atoms with Gasteiger partial charge in [0.15, 0.2) is 11.6 Å². The lowest BCUT2D eigenvalue weighted by Crippen LogP contribution is -2.40. The first kappa shape index (κ1) is 18.8. The Morgan fingerprint density at radius 2 is 1.77 bits per heavy atom. The normalized spacial score (nSPS) is 16.0. The number of H-pyrrole nitrogens is 1. The Kier molecular flexibility index (Phi) is 4.55. The lowest BCUT2D eigenvalue weighted by Gasteiger charge is -2.36. The molecule has 0 fully saturated rings. The minimum Gasteiger partial charge on any atom is -0.356 e. The smallest absolute Gasteiger partial charge is 0.254 e. The zero-order valence-electron chi connectivity index (χ0n) is 15.8. The second kappa shape index (κ2) is 7.26. The number of aromatic amines is 1.